The zero-order valence-electron chi connectivity index (χ0n) is 15.6. The third-order valence-corrected chi connectivity index (χ3v) is 4.26. The Morgan fingerprint density at radius 3 is 1.79 bits per heavy atom. The predicted octanol–water partition coefficient (Wildman–Crippen LogP) is 3.29. The second-order valence-electron chi connectivity index (χ2n) is 5.79. The molecule has 0 heterocycles. The molecule has 0 bridgehead atoms. The molecule has 0 radical (unpaired) electrons. The van der Waals surface area contributed by atoms with E-state index in [1.165, 1.54) is 0 Å². The average Bonchev–Trinajstić information content (AvgIpc) is 2.57. The molecule has 2 unspecified atom stereocenters. The van der Waals surface area contributed by atoms with Crippen molar-refractivity contribution in [2.75, 3.05) is 6.61 Å². The van der Waals surface area contributed by atoms with E-state index in [-0.39, 0.29) is 6.92 Å². The second kappa shape index (κ2) is 9.57. The van der Waals surface area contributed by atoms with Crippen LogP contribution in [0.2, 0.25) is 0 Å². The molecule has 1 N–H and O–H groups in total. The van der Waals surface area contributed by atoms with Crippen LogP contribution in [0.5, 0.6) is 0 Å². The highest BCUT2D eigenvalue weighted by molar-refractivity contribution is 7.87. The first-order chi connectivity index (χ1) is 14.3. The fourth-order valence-electron chi connectivity index (χ4n) is 1.53. The molecule has 0 aromatic rings. The van der Waals surface area contributed by atoms with E-state index in [1.807, 2.05) is 0 Å². The Balaban J connectivity index is 6.24. The Morgan fingerprint density at radius 2 is 1.45 bits per heavy atom. The fourth-order valence-corrected chi connectivity index (χ4v) is 2.01. The molecule has 33 heavy (non-hydrogen) atoms. The number of hydrogen-bond donors (Lipinski definition) is 1. The van der Waals surface area contributed by atoms with Gasteiger partial charge in [-0.25, -0.2) is 9.59 Å². The van der Waals surface area contributed by atoms with Crippen LogP contribution in [0, 0.1) is 0 Å². The zero-order valence-corrected chi connectivity index (χ0v) is 16.4. The summed E-state index contributed by atoms with van der Waals surface area (Å²) in [6.07, 6.45) is -18.2. The van der Waals surface area contributed by atoms with E-state index in [0.717, 1.165) is 0 Å². The van der Waals surface area contributed by atoms with Gasteiger partial charge in [-0.3, -0.25) is 4.55 Å². The van der Waals surface area contributed by atoms with Crippen LogP contribution < -0.4 is 0 Å². The van der Waals surface area contributed by atoms with E-state index < -0.39 is 76.3 Å². The van der Waals surface area contributed by atoms with Gasteiger partial charge in [-0.05, 0) is 6.92 Å². The predicted molar refractivity (Wildman–Crippen MR) is 78.7 cm³/mol. The smallest absolute Gasteiger partial charge is 0.448 e. The molecule has 8 nitrogen and oxygen atoms in total. The van der Waals surface area contributed by atoms with Crippen molar-refractivity contribution in [3.8, 4) is 0 Å². The van der Waals surface area contributed by atoms with Crippen molar-refractivity contribution in [3.63, 3.8) is 0 Å². The molecule has 0 rings (SSSR count). The van der Waals surface area contributed by atoms with Gasteiger partial charge < -0.3 is 14.2 Å². The van der Waals surface area contributed by atoms with E-state index in [4.69, 9.17) is 4.55 Å². The van der Waals surface area contributed by atoms with Crippen molar-refractivity contribution in [2.45, 2.75) is 48.8 Å². The quantitative estimate of drug-likeness (QED) is 0.149. The first-order valence-electron chi connectivity index (χ1n) is 7.62. The Labute approximate surface area is 176 Å². The van der Waals surface area contributed by atoms with E-state index in [2.05, 4.69) is 20.8 Å². The molecule has 0 spiro atoms. The van der Waals surface area contributed by atoms with Crippen LogP contribution in [0.15, 0.2) is 12.4 Å². The summed E-state index contributed by atoms with van der Waals surface area (Å²) in [5, 5.41) is -6.32. The highest BCUT2D eigenvalue weighted by Gasteiger charge is 2.70. The Hall–Kier alpha value is -2.22. The van der Waals surface area contributed by atoms with Crippen LogP contribution in [-0.2, 0) is 33.9 Å². The molecule has 0 saturated carbocycles. The van der Waals surface area contributed by atoms with Gasteiger partial charge in [0.25, 0.3) is 0 Å². The second-order valence-corrected chi connectivity index (χ2v) is 7.26. The number of alkyl halides is 10. The van der Waals surface area contributed by atoms with E-state index >= 15 is 0 Å². The summed E-state index contributed by atoms with van der Waals surface area (Å²) >= 11 is 0. The SMILES string of the molecule is C=C(F)C(=O)OC(OCCC(F)(F)C(F)(F)S(=O)(=O)O)(C(=O)OC(C)C(F)(F)F)C(F)(F)F. The number of esters is 2. The van der Waals surface area contributed by atoms with Crippen LogP contribution in [0.4, 0.5) is 48.3 Å². The van der Waals surface area contributed by atoms with Crippen LogP contribution in [0.1, 0.15) is 13.3 Å². The topological polar surface area (TPSA) is 116 Å². The number of carbonyl (C=O) groups is 2. The van der Waals surface area contributed by atoms with Gasteiger partial charge in [0, 0.05) is 6.42 Å². The summed E-state index contributed by atoms with van der Waals surface area (Å²) in [4.78, 5) is 22.9. The maximum atomic E-state index is 13.4. The lowest BCUT2D eigenvalue weighted by Crippen LogP contribution is -2.59. The summed E-state index contributed by atoms with van der Waals surface area (Å²) in [7, 11) is -6.86. The lowest BCUT2D eigenvalue weighted by Gasteiger charge is -2.33. The van der Waals surface area contributed by atoms with E-state index in [9.17, 15) is 66.3 Å². The minimum atomic E-state index is -6.86. The van der Waals surface area contributed by atoms with Gasteiger partial charge in [-0.1, -0.05) is 6.58 Å². The van der Waals surface area contributed by atoms with E-state index in [1.54, 1.807) is 0 Å². The number of ether oxygens (including phenoxy) is 3. The van der Waals surface area contributed by atoms with Crippen LogP contribution >= 0.6 is 0 Å². The molecule has 2 atom stereocenters. The largest absolute Gasteiger partial charge is 0.468 e. The van der Waals surface area contributed by atoms with Gasteiger partial charge in [0.1, 0.15) is 0 Å². The van der Waals surface area contributed by atoms with Crippen LogP contribution in [0.3, 0.4) is 0 Å². The number of halogens is 11. The number of hydrogen-bond acceptors (Lipinski definition) is 7. The van der Waals surface area contributed by atoms with Crippen LogP contribution in [0.25, 0.3) is 0 Å². The Bertz CT molecular complexity index is 865. The summed E-state index contributed by atoms with van der Waals surface area (Å²) in [6, 6.07) is 0. The van der Waals surface area contributed by atoms with Crippen molar-refractivity contribution in [2.24, 2.45) is 0 Å². The molecule has 0 aliphatic heterocycles. The first-order valence-corrected chi connectivity index (χ1v) is 9.06. The summed E-state index contributed by atoms with van der Waals surface area (Å²) in [5.41, 5.74) is 0. The van der Waals surface area contributed by atoms with Gasteiger partial charge in [0.05, 0.1) is 6.61 Å². The monoisotopic (exact) mass is 536 g/mol. The van der Waals surface area contributed by atoms with Gasteiger partial charge in [0.2, 0.25) is 5.83 Å². The van der Waals surface area contributed by atoms with Crippen molar-refractivity contribution < 1.29 is 85.1 Å². The molecule has 0 aromatic heterocycles. The highest BCUT2D eigenvalue weighted by atomic mass is 32.2. The maximum absolute atomic E-state index is 13.4. The summed E-state index contributed by atoms with van der Waals surface area (Å²) in [5.74, 6) is -19.9. The summed E-state index contributed by atoms with van der Waals surface area (Å²) in [6.45, 7) is -0.397. The van der Waals surface area contributed by atoms with Gasteiger partial charge in [0.15, 0.2) is 6.10 Å². The average molecular weight is 536 g/mol. The Kier molecular flexibility index (Phi) is 8.92. The fraction of sp³-hybridized carbons (Fsp3) is 0.692. The number of carbonyl (C=O) groups excluding carboxylic acids is 2. The van der Waals surface area contributed by atoms with Crippen molar-refractivity contribution in [3.05, 3.63) is 12.4 Å². The molecule has 0 aliphatic rings. The van der Waals surface area contributed by atoms with Crippen LogP contribution in [-0.4, -0.2) is 66.9 Å². The molecule has 0 aromatic carbocycles. The maximum Gasteiger partial charge on any atom is 0.468 e. The minimum Gasteiger partial charge on any atom is -0.448 e. The van der Waals surface area contributed by atoms with E-state index in [0.29, 0.717) is 0 Å². The molecule has 0 saturated heterocycles. The number of rotatable bonds is 10. The summed E-state index contributed by atoms with van der Waals surface area (Å²) < 4.78 is 183. The highest BCUT2D eigenvalue weighted by Crippen LogP contribution is 2.43. The molecular weight excluding hydrogens is 525 g/mol. The van der Waals surface area contributed by atoms with Gasteiger partial charge in [-0.2, -0.15) is 56.7 Å². The third-order valence-electron chi connectivity index (χ3n) is 3.32. The molecule has 0 aliphatic carbocycles. The lowest BCUT2D eigenvalue weighted by atomic mass is 10.2. The molecule has 0 amide bonds. The minimum absolute atomic E-state index is 0.0459. The zero-order chi connectivity index (χ0) is 26.8. The molecular formula is C13H11F11O8S. The van der Waals surface area contributed by atoms with Crippen molar-refractivity contribution >= 4 is 22.1 Å². The Morgan fingerprint density at radius 1 is 1.00 bits per heavy atom. The third kappa shape index (κ3) is 6.88. The van der Waals surface area contributed by atoms with Gasteiger partial charge in [-0.15, -0.1) is 0 Å². The van der Waals surface area contributed by atoms with Crippen molar-refractivity contribution in [1.29, 1.82) is 0 Å². The molecule has 194 valence electrons. The molecule has 20 heteroatoms. The standard InChI is InChI=1S/C13H11F11O8S/c1-5(14)7(25)32-10(12(20,21)22,8(26)31-6(2)11(17,18)19)30-4-3-9(15,16)13(23,24)33(27,28)29/h6H,1,3-4H2,2H3,(H,27,28,29). The van der Waals surface area contributed by atoms with Crippen molar-refractivity contribution in [1.82, 2.24) is 0 Å². The lowest BCUT2D eigenvalue weighted by molar-refractivity contribution is -0.361. The first kappa shape index (κ1) is 30.8. The van der Waals surface area contributed by atoms with Gasteiger partial charge >= 0.3 is 51.4 Å². The normalized spacial score (nSPS) is 16.5. The molecule has 0 fully saturated rings.